The normalized spacial score (nSPS) is 16.6. The van der Waals surface area contributed by atoms with E-state index in [4.69, 9.17) is 21.4 Å². The number of halogens is 4. The molecule has 0 fully saturated rings. The molecule has 0 amide bonds. The predicted molar refractivity (Wildman–Crippen MR) is 94.8 cm³/mol. The highest BCUT2D eigenvalue weighted by atomic mass is 35.5. The molecule has 1 unspecified atom stereocenters. The van der Waals surface area contributed by atoms with Crippen molar-refractivity contribution in [3.05, 3.63) is 58.8 Å². The van der Waals surface area contributed by atoms with Crippen molar-refractivity contribution < 1.29 is 27.8 Å². The van der Waals surface area contributed by atoms with E-state index >= 15 is 0 Å². The van der Waals surface area contributed by atoms with Gasteiger partial charge in [-0.05, 0) is 52.9 Å². The number of fused-ring (bicyclic) bond motifs is 2. The largest absolute Gasteiger partial charge is 0.478 e. The number of nitrogens with one attached hydrogen (secondary N) is 1. The Hall–Kier alpha value is -2.93. The van der Waals surface area contributed by atoms with E-state index in [-0.39, 0.29) is 16.3 Å². The van der Waals surface area contributed by atoms with Gasteiger partial charge in [0.25, 0.3) is 0 Å². The number of hydrogen-bond acceptors (Lipinski definition) is 2. The van der Waals surface area contributed by atoms with Crippen LogP contribution in [-0.4, -0.2) is 28.3 Å². The second-order valence-electron chi connectivity index (χ2n) is 6.10. The fourth-order valence-electron chi connectivity index (χ4n) is 3.09. The molecule has 4 rings (SSSR count). The molecule has 8 heteroatoms. The van der Waals surface area contributed by atoms with Crippen molar-refractivity contribution in [2.75, 3.05) is 0 Å². The Kier molecular flexibility index (Phi) is 3.92. The monoisotopic (exact) mass is 393 g/mol. The number of hydrogen-bond donors (Lipinski definition) is 2. The van der Waals surface area contributed by atoms with Crippen LogP contribution in [0.4, 0.5) is 13.2 Å². The Morgan fingerprint density at radius 3 is 2.63 bits per heavy atom. The van der Waals surface area contributed by atoms with Gasteiger partial charge in [0.05, 0.1) is 10.6 Å². The number of carbonyl (C=O) groups is 1. The van der Waals surface area contributed by atoms with Gasteiger partial charge >= 0.3 is 12.1 Å². The maximum absolute atomic E-state index is 13.2. The molecule has 2 N–H and O–H groups in total. The summed E-state index contributed by atoms with van der Waals surface area (Å²) in [4.78, 5) is 14.4. The van der Waals surface area contributed by atoms with E-state index < -0.39 is 23.8 Å². The van der Waals surface area contributed by atoms with Crippen LogP contribution in [0.1, 0.15) is 5.56 Å². The Morgan fingerprint density at radius 2 is 1.93 bits per heavy atom. The fraction of sp³-hybridized carbons (Fsp3) is 0.105. The van der Waals surface area contributed by atoms with Crippen LogP contribution in [0.25, 0.3) is 28.1 Å². The number of aromatic nitrogens is 1. The van der Waals surface area contributed by atoms with Crippen molar-refractivity contribution in [2.45, 2.75) is 12.3 Å². The van der Waals surface area contributed by atoms with Crippen molar-refractivity contribution in [3.63, 3.8) is 0 Å². The molecule has 4 nitrogen and oxygen atoms in total. The zero-order valence-corrected chi connectivity index (χ0v) is 14.2. The average molecular weight is 394 g/mol. The van der Waals surface area contributed by atoms with Gasteiger partial charge in [0, 0.05) is 17.3 Å². The van der Waals surface area contributed by atoms with Crippen molar-refractivity contribution >= 4 is 34.5 Å². The van der Waals surface area contributed by atoms with Crippen LogP contribution in [0.3, 0.4) is 0 Å². The summed E-state index contributed by atoms with van der Waals surface area (Å²) in [5.74, 6) is -1.88. The molecule has 0 bridgehead atoms. The zero-order chi connectivity index (χ0) is 19.3. The minimum atomic E-state index is -4.87. The van der Waals surface area contributed by atoms with Gasteiger partial charge in [-0.1, -0.05) is 17.7 Å². The van der Waals surface area contributed by atoms with Crippen LogP contribution < -0.4 is 4.74 Å². The minimum Gasteiger partial charge on any atom is -0.478 e. The van der Waals surface area contributed by atoms with Gasteiger partial charge in [-0.25, -0.2) is 4.79 Å². The van der Waals surface area contributed by atoms with E-state index in [0.29, 0.717) is 5.56 Å². The summed E-state index contributed by atoms with van der Waals surface area (Å²) in [6.07, 6.45) is -4.68. The molecule has 1 aliphatic heterocycles. The van der Waals surface area contributed by atoms with Crippen LogP contribution in [0.2, 0.25) is 5.02 Å². The average Bonchev–Trinajstić information content (AvgIpc) is 3.07. The fourth-order valence-corrected chi connectivity index (χ4v) is 3.36. The van der Waals surface area contributed by atoms with E-state index in [1.165, 1.54) is 6.07 Å². The van der Waals surface area contributed by atoms with E-state index in [1.807, 2.05) is 24.3 Å². The summed E-state index contributed by atoms with van der Waals surface area (Å²) in [6, 6.07) is 10.5. The summed E-state index contributed by atoms with van der Waals surface area (Å²) >= 11 is 6.16. The Labute approximate surface area is 155 Å². The van der Waals surface area contributed by atoms with Gasteiger partial charge in [0.1, 0.15) is 5.75 Å². The van der Waals surface area contributed by atoms with Gasteiger partial charge in [0.2, 0.25) is 6.10 Å². The third-order valence-electron chi connectivity index (χ3n) is 4.33. The first-order valence-corrected chi connectivity index (χ1v) is 8.21. The Balaban J connectivity index is 1.85. The quantitative estimate of drug-likeness (QED) is 0.622. The number of ether oxygens (including phenoxy) is 1. The molecule has 0 saturated carbocycles. The topological polar surface area (TPSA) is 62.3 Å². The Morgan fingerprint density at radius 1 is 1.15 bits per heavy atom. The molecule has 2 heterocycles. The van der Waals surface area contributed by atoms with E-state index in [0.717, 1.165) is 22.5 Å². The molecule has 3 aromatic rings. The molecule has 1 aromatic heterocycles. The summed E-state index contributed by atoms with van der Waals surface area (Å²) in [7, 11) is 0. The lowest BCUT2D eigenvalue weighted by Crippen LogP contribution is -2.40. The molecule has 0 spiro atoms. The summed E-state index contributed by atoms with van der Waals surface area (Å²) < 4.78 is 44.4. The maximum atomic E-state index is 13.2. The van der Waals surface area contributed by atoms with Crippen LogP contribution in [0.15, 0.2) is 48.2 Å². The lowest BCUT2D eigenvalue weighted by molar-refractivity contribution is -0.187. The van der Waals surface area contributed by atoms with Gasteiger partial charge in [0.15, 0.2) is 0 Å². The van der Waals surface area contributed by atoms with Gasteiger partial charge in [-0.15, -0.1) is 0 Å². The van der Waals surface area contributed by atoms with Crippen molar-refractivity contribution in [3.8, 4) is 16.9 Å². The van der Waals surface area contributed by atoms with E-state index in [1.54, 1.807) is 12.3 Å². The maximum Gasteiger partial charge on any atom is 0.430 e. The number of carboxylic acids is 1. The van der Waals surface area contributed by atoms with Crippen LogP contribution >= 0.6 is 11.6 Å². The van der Waals surface area contributed by atoms with E-state index in [9.17, 15) is 18.0 Å². The lowest BCUT2D eigenvalue weighted by atomic mass is 9.96. The SMILES string of the molecule is O=C(O)C1=Cc2cc(-c3ccc4[nH]ccc4c3)cc(Cl)c2OC1C(F)(F)F. The lowest BCUT2D eigenvalue weighted by Gasteiger charge is -2.28. The predicted octanol–water partition coefficient (Wildman–Crippen LogP) is 5.28. The molecule has 27 heavy (non-hydrogen) atoms. The Bertz CT molecular complexity index is 1100. The van der Waals surface area contributed by atoms with Gasteiger partial charge in [-0.3, -0.25) is 0 Å². The van der Waals surface area contributed by atoms with Crippen LogP contribution in [0, 0.1) is 0 Å². The molecule has 0 saturated heterocycles. The molecular weight excluding hydrogens is 383 g/mol. The first-order chi connectivity index (χ1) is 12.7. The molecule has 1 atom stereocenters. The van der Waals surface area contributed by atoms with Crippen molar-refractivity contribution in [2.24, 2.45) is 0 Å². The standard InChI is InChI=1S/C19H11ClF3NO3/c20-14-8-11(9-1-2-15-10(5-9)3-4-24-15)6-12-7-13(18(25)26)17(19(21,22)23)27-16(12)14/h1-8,17,24H,(H,25,26). The number of benzene rings is 2. The molecule has 138 valence electrons. The summed E-state index contributed by atoms with van der Waals surface area (Å²) in [6.45, 7) is 0. The first kappa shape index (κ1) is 17.5. The summed E-state index contributed by atoms with van der Waals surface area (Å²) in [5.41, 5.74) is 1.66. The van der Waals surface area contributed by atoms with E-state index in [2.05, 4.69) is 4.98 Å². The second kappa shape index (κ2) is 6.06. The van der Waals surface area contributed by atoms with Crippen LogP contribution in [0.5, 0.6) is 5.75 Å². The molecular formula is C19H11ClF3NO3. The number of aromatic amines is 1. The number of aliphatic carboxylic acids is 1. The highest BCUT2D eigenvalue weighted by Gasteiger charge is 2.48. The van der Waals surface area contributed by atoms with Gasteiger partial charge < -0.3 is 14.8 Å². The minimum absolute atomic E-state index is 0.0217. The molecule has 0 aliphatic carbocycles. The highest BCUT2D eigenvalue weighted by molar-refractivity contribution is 6.32. The number of alkyl halides is 3. The number of rotatable bonds is 2. The smallest absolute Gasteiger partial charge is 0.430 e. The van der Waals surface area contributed by atoms with Crippen LogP contribution in [-0.2, 0) is 4.79 Å². The first-order valence-electron chi connectivity index (χ1n) is 7.83. The number of carboxylic acid groups (broad SMARTS) is 1. The van der Waals surface area contributed by atoms with Gasteiger partial charge in [-0.2, -0.15) is 13.2 Å². The third-order valence-corrected chi connectivity index (χ3v) is 4.61. The van der Waals surface area contributed by atoms with Crippen molar-refractivity contribution in [1.82, 2.24) is 4.98 Å². The molecule has 2 aromatic carbocycles. The van der Waals surface area contributed by atoms with Crippen molar-refractivity contribution in [1.29, 1.82) is 0 Å². The highest BCUT2D eigenvalue weighted by Crippen LogP contribution is 2.43. The second-order valence-corrected chi connectivity index (χ2v) is 6.51. The summed E-state index contributed by atoms with van der Waals surface area (Å²) in [5, 5.41) is 10.1. The third kappa shape index (κ3) is 3.04. The number of H-pyrrole nitrogens is 1. The molecule has 0 radical (unpaired) electrons. The zero-order valence-electron chi connectivity index (χ0n) is 13.5. The molecule has 1 aliphatic rings.